The lowest BCUT2D eigenvalue weighted by molar-refractivity contribution is 0.414. The Balaban J connectivity index is 1.85. The van der Waals surface area contributed by atoms with Crippen LogP contribution in [0.4, 0.5) is 5.82 Å². The minimum atomic E-state index is 0.0969. The fraction of sp³-hybridized carbons (Fsp3) is 0.211. The maximum atomic E-state index is 5.29. The summed E-state index contributed by atoms with van der Waals surface area (Å²) in [6, 6.07) is 14.0. The van der Waals surface area contributed by atoms with Gasteiger partial charge in [0.05, 0.1) is 18.8 Å². The Morgan fingerprint density at radius 1 is 1.04 bits per heavy atom. The van der Waals surface area contributed by atoms with Crippen molar-refractivity contribution in [2.45, 2.75) is 19.9 Å². The maximum Gasteiger partial charge on any atom is 0.130 e. The average Bonchev–Trinajstić information content (AvgIpc) is 2.62. The van der Waals surface area contributed by atoms with E-state index in [1.54, 1.807) is 19.5 Å². The third-order valence-corrected chi connectivity index (χ3v) is 3.77. The second kappa shape index (κ2) is 7.08. The Bertz CT molecular complexity index is 821. The number of hydrogen-bond acceptors (Lipinski definition) is 5. The van der Waals surface area contributed by atoms with E-state index in [-0.39, 0.29) is 6.04 Å². The standard InChI is InChI=1S/C19H20N4O/c1-13(16-5-4-6-17(11-16)24-3)21-19-12-18(22-14(2)23-19)15-7-9-20-10-8-15/h4-13H,1-3H3,(H,21,22,23). The minimum Gasteiger partial charge on any atom is -0.497 e. The molecule has 5 heteroatoms. The summed E-state index contributed by atoms with van der Waals surface area (Å²) in [5.74, 6) is 2.37. The summed E-state index contributed by atoms with van der Waals surface area (Å²) in [5.41, 5.74) is 3.04. The van der Waals surface area contributed by atoms with Crippen LogP contribution < -0.4 is 10.1 Å². The van der Waals surface area contributed by atoms with Gasteiger partial charge < -0.3 is 10.1 Å². The number of aromatic nitrogens is 3. The highest BCUT2D eigenvalue weighted by atomic mass is 16.5. The molecule has 0 amide bonds. The van der Waals surface area contributed by atoms with Crippen LogP contribution in [-0.4, -0.2) is 22.1 Å². The van der Waals surface area contributed by atoms with Gasteiger partial charge in [0.15, 0.2) is 0 Å². The Kier molecular flexibility index (Phi) is 4.70. The quantitative estimate of drug-likeness (QED) is 0.769. The second-order valence-corrected chi connectivity index (χ2v) is 5.56. The zero-order valence-electron chi connectivity index (χ0n) is 14.0. The molecule has 0 spiro atoms. The number of benzene rings is 1. The lowest BCUT2D eigenvalue weighted by atomic mass is 10.1. The van der Waals surface area contributed by atoms with Crippen molar-refractivity contribution in [2.75, 3.05) is 12.4 Å². The molecular formula is C19H20N4O. The molecule has 0 saturated carbocycles. The molecule has 1 unspecified atom stereocenters. The average molecular weight is 320 g/mol. The van der Waals surface area contributed by atoms with Gasteiger partial charge >= 0.3 is 0 Å². The van der Waals surface area contributed by atoms with Crippen molar-refractivity contribution >= 4 is 5.82 Å². The number of rotatable bonds is 5. The summed E-state index contributed by atoms with van der Waals surface area (Å²) in [4.78, 5) is 13.1. The van der Waals surface area contributed by atoms with Gasteiger partial charge in [0, 0.05) is 24.0 Å². The summed E-state index contributed by atoms with van der Waals surface area (Å²) in [7, 11) is 1.67. The number of hydrogen-bond donors (Lipinski definition) is 1. The molecule has 1 atom stereocenters. The fourth-order valence-corrected chi connectivity index (χ4v) is 2.53. The zero-order chi connectivity index (χ0) is 16.9. The van der Waals surface area contributed by atoms with Gasteiger partial charge in [0.1, 0.15) is 17.4 Å². The first kappa shape index (κ1) is 15.9. The van der Waals surface area contributed by atoms with Gasteiger partial charge in [-0.1, -0.05) is 12.1 Å². The van der Waals surface area contributed by atoms with Crippen LogP contribution in [0.1, 0.15) is 24.4 Å². The van der Waals surface area contributed by atoms with Crippen molar-refractivity contribution in [3.63, 3.8) is 0 Å². The van der Waals surface area contributed by atoms with Crippen LogP contribution in [0.25, 0.3) is 11.3 Å². The van der Waals surface area contributed by atoms with Gasteiger partial charge in [-0.05, 0) is 43.7 Å². The van der Waals surface area contributed by atoms with Gasteiger partial charge in [-0.3, -0.25) is 4.98 Å². The largest absolute Gasteiger partial charge is 0.497 e. The van der Waals surface area contributed by atoms with Gasteiger partial charge in [0.2, 0.25) is 0 Å². The highest BCUT2D eigenvalue weighted by Crippen LogP contribution is 2.24. The molecule has 2 heterocycles. The van der Waals surface area contributed by atoms with E-state index in [2.05, 4.69) is 33.3 Å². The smallest absolute Gasteiger partial charge is 0.130 e. The van der Waals surface area contributed by atoms with Gasteiger partial charge in [-0.25, -0.2) is 9.97 Å². The molecule has 0 aliphatic heterocycles. The van der Waals surface area contributed by atoms with Crippen molar-refractivity contribution < 1.29 is 4.74 Å². The predicted octanol–water partition coefficient (Wildman–Crippen LogP) is 4.03. The third-order valence-electron chi connectivity index (χ3n) is 3.77. The third kappa shape index (κ3) is 3.68. The van der Waals surface area contributed by atoms with Crippen molar-refractivity contribution in [3.05, 3.63) is 66.2 Å². The van der Waals surface area contributed by atoms with Gasteiger partial charge in [-0.15, -0.1) is 0 Å². The van der Waals surface area contributed by atoms with Crippen molar-refractivity contribution in [2.24, 2.45) is 0 Å². The van der Waals surface area contributed by atoms with E-state index in [0.717, 1.165) is 34.2 Å². The number of nitrogens with one attached hydrogen (secondary N) is 1. The molecule has 0 saturated heterocycles. The van der Waals surface area contributed by atoms with Gasteiger partial charge in [0.25, 0.3) is 0 Å². The topological polar surface area (TPSA) is 59.9 Å². The Morgan fingerprint density at radius 2 is 1.83 bits per heavy atom. The number of pyridine rings is 1. The Hall–Kier alpha value is -2.95. The van der Waals surface area contributed by atoms with Crippen LogP contribution in [0.3, 0.4) is 0 Å². The first-order chi connectivity index (χ1) is 11.7. The maximum absolute atomic E-state index is 5.29. The summed E-state index contributed by atoms with van der Waals surface area (Å²) in [5, 5.41) is 3.44. The molecule has 3 aromatic rings. The van der Waals surface area contributed by atoms with Crippen LogP contribution in [-0.2, 0) is 0 Å². The highest BCUT2D eigenvalue weighted by molar-refractivity contribution is 5.62. The molecule has 1 N–H and O–H groups in total. The van der Waals surface area contributed by atoms with Crippen molar-refractivity contribution in [3.8, 4) is 17.0 Å². The predicted molar refractivity (Wildman–Crippen MR) is 95.0 cm³/mol. The molecule has 122 valence electrons. The highest BCUT2D eigenvalue weighted by Gasteiger charge is 2.10. The van der Waals surface area contributed by atoms with E-state index in [0.29, 0.717) is 0 Å². The van der Waals surface area contributed by atoms with Crippen LogP contribution in [0.15, 0.2) is 54.9 Å². The van der Waals surface area contributed by atoms with Crippen LogP contribution in [0.5, 0.6) is 5.75 Å². The Labute approximate surface area is 141 Å². The molecule has 0 aliphatic rings. The molecule has 0 bridgehead atoms. The lowest BCUT2D eigenvalue weighted by Gasteiger charge is -2.16. The summed E-state index contributed by atoms with van der Waals surface area (Å²) in [6.45, 7) is 3.99. The number of nitrogens with zero attached hydrogens (tertiary/aromatic N) is 3. The van der Waals surface area contributed by atoms with Crippen LogP contribution >= 0.6 is 0 Å². The van der Waals surface area contributed by atoms with E-state index in [9.17, 15) is 0 Å². The molecule has 1 aromatic carbocycles. The first-order valence-corrected chi connectivity index (χ1v) is 7.82. The lowest BCUT2D eigenvalue weighted by Crippen LogP contribution is -2.09. The van der Waals surface area contributed by atoms with E-state index in [1.165, 1.54) is 0 Å². The van der Waals surface area contributed by atoms with E-state index < -0.39 is 0 Å². The minimum absolute atomic E-state index is 0.0969. The van der Waals surface area contributed by atoms with Crippen LogP contribution in [0.2, 0.25) is 0 Å². The zero-order valence-corrected chi connectivity index (χ0v) is 14.0. The van der Waals surface area contributed by atoms with Crippen LogP contribution in [0, 0.1) is 6.92 Å². The molecule has 5 nitrogen and oxygen atoms in total. The normalized spacial score (nSPS) is 11.8. The molecular weight excluding hydrogens is 300 g/mol. The molecule has 2 aromatic heterocycles. The molecule has 24 heavy (non-hydrogen) atoms. The Morgan fingerprint density at radius 3 is 2.58 bits per heavy atom. The molecule has 3 rings (SSSR count). The fourth-order valence-electron chi connectivity index (χ4n) is 2.53. The monoisotopic (exact) mass is 320 g/mol. The van der Waals surface area contributed by atoms with E-state index in [1.807, 2.05) is 43.3 Å². The van der Waals surface area contributed by atoms with Crippen molar-refractivity contribution in [1.82, 2.24) is 15.0 Å². The second-order valence-electron chi connectivity index (χ2n) is 5.56. The van der Waals surface area contributed by atoms with Crippen molar-refractivity contribution in [1.29, 1.82) is 0 Å². The summed E-state index contributed by atoms with van der Waals surface area (Å²) < 4.78 is 5.29. The molecule has 0 aliphatic carbocycles. The van der Waals surface area contributed by atoms with Gasteiger partial charge in [-0.2, -0.15) is 0 Å². The number of methoxy groups -OCH3 is 1. The van der Waals surface area contributed by atoms with E-state index in [4.69, 9.17) is 4.74 Å². The number of aryl methyl sites for hydroxylation is 1. The number of ether oxygens (including phenoxy) is 1. The molecule has 0 radical (unpaired) electrons. The first-order valence-electron chi connectivity index (χ1n) is 7.82. The summed E-state index contributed by atoms with van der Waals surface area (Å²) in [6.07, 6.45) is 3.53. The summed E-state index contributed by atoms with van der Waals surface area (Å²) >= 11 is 0. The molecule has 0 fully saturated rings. The number of anilines is 1. The van der Waals surface area contributed by atoms with E-state index >= 15 is 0 Å². The SMILES string of the molecule is COc1cccc(C(C)Nc2cc(-c3ccncc3)nc(C)n2)c1.